The molecule has 2 nitrogen and oxygen atoms in total. The molecule has 0 atom stereocenters. The SMILES string of the molecule is C=C(C)ON. The van der Waals surface area contributed by atoms with Crippen LogP contribution in [0.3, 0.4) is 0 Å². The van der Waals surface area contributed by atoms with E-state index in [0.29, 0.717) is 5.76 Å². The molecular formula is C3H7NO. The topological polar surface area (TPSA) is 35.2 Å². The van der Waals surface area contributed by atoms with Gasteiger partial charge in [-0.2, -0.15) is 5.90 Å². The molecule has 0 aliphatic rings. The average molecular weight is 73.1 g/mol. The van der Waals surface area contributed by atoms with E-state index in [9.17, 15) is 0 Å². The van der Waals surface area contributed by atoms with Gasteiger partial charge in [0, 0.05) is 0 Å². The number of hydrogen-bond acceptors (Lipinski definition) is 2. The minimum atomic E-state index is 0.532. The maximum Gasteiger partial charge on any atom is 0.113 e. The predicted molar refractivity (Wildman–Crippen MR) is 20.1 cm³/mol. The summed E-state index contributed by atoms with van der Waals surface area (Å²) in [4.78, 5) is 4.06. The Hall–Kier alpha value is -0.500. The van der Waals surface area contributed by atoms with E-state index < -0.39 is 0 Å². The third-order valence-electron chi connectivity index (χ3n) is 0.201. The second-order valence-corrected chi connectivity index (χ2v) is 0.820. The van der Waals surface area contributed by atoms with Crippen molar-refractivity contribution in [2.75, 3.05) is 0 Å². The molecule has 0 radical (unpaired) electrons. The van der Waals surface area contributed by atoms with Crippen LogP contribution in [0.5, 0.6) is 0 Å². The highest BCUT2D eigenvalue weighted by molar-refractivity contribution is 4.70. The Balaban J connectivity index is 2.85. The van der Waals surface area contributed by atoms with Crippen LogP contribution < -0.4 is 5.90 Å². The van der Waals surface area contributed by atoms with E-state index in [0.717, 1.165) is 0 Å². The smallest absolute Gasteiger partial charge is 0.113 e. The van der Waals surface area contributed by atoms with Gasteiger partial charge in [-0.15, -0.1) is 0 Å². The predicted octanol–water partition coefficient (Wildman–Crippen LogP) is 0.410. The third kappa shape index (κ3) is 3.50. The number of rotatable bonds is 1. The molecule has 30 valence electrons. The molecule has 0 bridgehead atoms. The minimum Gasteiger partial charge on any atom is -0.417 e. The van der Waals surface area contributed by atoms with Gasteiger partial charge in [-0.3, -0.25) is 0 Å². The Morgan fingerprint density at radius 1 is 2.00 bits per heavy atom. The van der Waals surface area contributed by atoms with Gasteiger partial charge in [0.15, 0.2) is 0 Å². The van der Waals surface area contributed by atoms with E-state index in [1.54, 1.807) is 6.92 Å². The fraction of sp³-hybridized carbons (Fsp3) is 0.333. The zero-order valence-electron chi connectivity index (χ0n) is 3.19. The minimum absolute atomic E-state index is 0.532. The second-order valence-electron chi connectivity index (χ2n) is 0.820. The van der Waals surface area contributed by atoms with Gasteiger partial charge in [-0.25, -0.2) is 0 Å². The summed E-state index contributed by atoms with van der Waals surface area (Å²) in [6.45, 7) is 5.01. The Bertz CT molecular complexity index is 42.2. The summed E-state index contributed by atoms with van der Waals surface area (Å²) in [5.74, 6) is 5.10. The normalized spacial score (nSPS) is 6.80. The molecular weight excluding hydrogens is 66.0 g/mol. The van der Waals surface area contributed by atoms with Crippen LogP contribution in [0.15, 0.2) is 12.3 Å². The monoisotopic (exact) mass is 73.1 g/mol. The van der Waals surface area contributed by atoms with Gasteiger partial charge in [0.1, 0.15) is 5.76 Å². The summed E-state index contributed by atoms with van der Waals surface area (Å²) in [5, 5.41) is 0. The van der Waals surface area contributed by atoms with Crippen LogP contribution in [0.4, 0.5) is 0 Å². The van der Waals surface area contributed by atoms with E-state index in [4.69, 9.17) is 0 Å². The highest BCUT2D eigenvalue weighted by Crippen LogP contribution is 1.76. The van der Waals surface area contributed by atoms with E-state index in [1.165, 1.54) is 0 Å². The average Bonchev–Trinajstić information content (AvgIpc) is 1.38. The van der Waals surface area contributed by atoms with Gasteiger partial charge < -0.3 is 4.84 Å². The lowest BCUT2D eigenvalue weighted by Crippen LogP contribution is -1.92. The van der Waals surface area contributed by atoms with Gasteiger partial charge in [0.05, 0.1) is 0 Å². The van der Waals surface area contributed by atoms with Crippen LogP contribution in [0, 0.1) is 0 Å². The molecule has 0 saturated carbocycles. The Morgan fingerprint density at radius 2 is 2.20 bits per heavy atom. The molecule has 0 spiro atoms. The van der Waals surface area contributed by atoms with Gasteiger partial charge in [-0.05, 0) is 6.92 Å². The summed E-state index contributed by atoms with van der Waals surface area (Å²) >= 11 is 0. The molecule has 0 amide bonds. The fourth-order valence-electron chi connectivity index (χ4n) is 0. The van der Waals surface area contributed by atoms with E-state index in [2.05, 4.69) is 17.3 Å². The van der Waals surface area contributed by atoms with Crippen molar-refractivity contribution in [1.82, 2.24) is 0 Å². The van der Waals surface area contributed by atoms with Gasteiger partial charge in [0.25, 0.3) is 0 Å². The third-order valence-corrected chi connectivity index (χ3v) is 0.201. The fourth-order valence-corrected chi connectivity index (χ4v) is 0. The molecule has 0 fully saturated rings. The molecule has 5 heavy (non-hydrogen) atoms. The van der Waals surface area contributed by atoms with Crippen molar-refractivity contribution in [1.29, 1.82) is 0 Å². The molecule has 2 heteroatoms. The highest BCUT2D eigenvalue weighted by atomic mass is 16.6. The molecule has 0 aliphatic heterocycles. The number of hydrogen-bond donors (Lipinski definition) is 1. The highest BCUT2D eigenvalue weighted by Gasteiger charge is 1.66. The molecule has 0 aliphatic carbocycles. The van der Waals surface area contributed by atoms with E-state index >= 15 is 0 Å². The van der Waals surface area contributed by atoms with Crippen molar-refractivity contribution in [3.8, 4) is 0 Å². The molecule has 0 unspecified atom stereocenters. The first kappa shape index (κ1) is 4.50. The van der Waals surface area contributed by atoms with Crippen molar-refractivity contribution in [2.24, 2.45) is 5.90 Å². The van der Waals surface area contributed by atoms with Gasteiger partial charge in [0.2, 0.25) is 0 Å². The van der Waals surface area contributed by atoms with Crippen LogP contribution in [-0.2, 0) is 4.84 Å². The van der Waals surface area contributed by atoms with Crippen molar-refractivity contribution in [2.45, 2.75) is 6.92 Å². The number of allylic oxidation sites excluding steroid dienone is 1. The van der Waals surface area contributed by atoms with Crippen LogP contribution in [0.25, 0.3) is 0 Å². The van der Waals surface area contributed by atoms with Crippen LogP contribution in [0.2, 0.25) is 0 Å². The summed E-state index contributed by atoms with van der Waals surface area (Å²) < 4.78 is 0. The summed E-state index contributed by atoms with van der Waals surface area (Å²) in [6, 6.07) is 0. The van der Waals surface area contributed by atoms with Crippen LogP contribution in [0.1, 0.15) is 6.92 Å². The molecule has 0 aromatic rings. The lowest BCUT2D eigenvalue weighted by atomic mass is 10.7. The quantitative estimate of drug-likeness (QED) is 0.360. The maximum absolute atomic E-state index is 4.57. The van der Waals surface area contributed by atoms with Crippen molar-refractivity contribution >= 4 is 0 Å². The first-order valence-electron chi connectivity index (χ1n) is 1.29. The molecule has 0 aromatic heterocycles. The van der Waals surface area contributed by atoms with Crippen LogP contribution >= 0.6 is 0 Å². The molecule has 0 heterocycles. The van der Waals surface area contributed by atoms with Crippen molar-refractivity contribution in [3.05, 3.63) is 12.3 Å². The van der Waals surface area contributed by atoms with Crippen molar-refractivity contribution < 1.29 is 4.84 Å². The summed E-state index contributed by atoms with van der Waals surface area (Å²) in [5.41, 5.74) is 0. The molecule has 0 rings (SSSR count). The van der Waals surface area contributed by atoms with E-state index in [-0.39, 0.29) is 0 Å². The Labute approximate surface area is 31.2 Å². The molecule has 0 aromatic carbocycles. The van der Waals surface area contributed by atoms with E-state index in [1.807, 2.05) is 0 Å². The molecule has 0 saturated heterocycles. The van der Waals surface area contributed by atoms with Crippen LogP contribution in [-0.4, -0.2) is 0 Å². The lowest BCUT2D eigenvalue weighted by molar-refractivity contribution is 0.224. The largest absolute Gasteiger partial charge is 0.417 e. The summed E-state index contributed by atoms with van der Waals surface area (Å²) in [6.07, 6.45) is 0. The van der Waals surface area contributed by atoms with Crippen molar-refractivity contribution in [3.63, 3.8) is 0 Å². The standard InChI is InChI=1S/C3H7NO/c1-3(2)5-4/h1,4H2,2H3. The van der Waals surface area contributed by atoms with Gasteiger partial charge in [-0.1, -0.05) is 6.58 Å². The second kappa shape index (κ2) is 1.79. The Kier molecular flexibility index (Phi) is 1.61. The maximum atomic E-state index is 4.57. The summed E-state index contributed by atoms with van der Waals surface area (Å²) in [7, 11) is 0. The first-order chi connectivity index (χ1) is 2.27. The lowest BCUT2D eigenvalue weighted by Gasteiger charge is -1.86. The zero-order valence-corrected chi connectivity index (χ0v) is 3.19. The Morgan fingerprint density at radius 3 is 2.20 bits per heavy atom. The zero-order chi connectivity index (χ0) is 4.28. The van der Waals surface area contributed by atoms with Gasteiger partial charge >= 0.3 is 0 Å². The first-order valence-corrected chi connectivity index (χ1v) is 1.29. The molecule has 2 N–H and O–H groups in total. The number of nitrogens with two attached hydrogens (primary N) is 1.